The van der Waals surface area contributed by atoms with E-state index in [0.717, 1.165) is 30.5 Å². The van der Waals surface area contributed by atoms with E-state index < -0.39 is 36.4 Å². The van der Waals surface area contributed by atoms with Crippen molar-refractivity contribution in [3.63, 3.8) is 0 Å². The van der Waals surface area contributed by atoms with Crippen LogP contribution in [0.25, 0.3) is 0 Å². The van der Waals surface area contributed by atoms with Gasteiger partial charge in [0, 0.05) is 42.1 Å². The Labute approximate surface area is 377 Å². The zero-order chi connectivity index (χ0) is 46.2. The molecular weight excluding hydrogens is 815 g/mol. The standard InChI is InChI=1S/C49H67N7O8/c1-29(2)32-17-23-37(24-18-32)56-38(33-13-19-35(20-14-33)50-44(57)40-11-9-27-54(40)46(59)42(30(3)4)52-48(61)63-7)25-26-39(56)34-15-21-36(22-16-34)51-45(58)41-12-10-28-55(41)47(60)43(31(5)6)53-49(62)64-8/h13-15,17-24,29-31,34,38-43H,9-12,16,25-28H2,1-8H3,(H,50,57)(H,51,58)(H,52,61)(H,53,62)/t34?,38-,39-,40+,41+,42+,43+/m1/s1. The maximum Gasteiger partial charge on any atom is 0.407 e. The van der Waals surface area contributed by atoms with E-state index in [1.54, 1.807) is 9.80 Å². The van der Waals surface area contributed by atoms with Gasteiger partial charge in [0.1, 0.15) is 24.2 Å². The Hall–Kier alpha value is -5.86. The highest BCUT2D eigenvalue weighted by Gasteiger charge is 2.42. The van der Waals surface area contributed by atoms with Crippen LogP contribution in [0.4, 0.5) is 21.0 Å². The van der Waals surface area contributed by atoms with E-state index in [-0.39, 0.29) is 53.5 Å². The first-order valence-corrected chi connectivity index (χ1v) is 22.9. The molecule has 1 aliphatic carbocycles. The van der Waals surface area contributed by atoms with Crippen molar-refractivity contribution < 1.29 is 38.2 Å². The molecule has 0 aromatic heterocycles. The van der Waals surface area contributed by atoms with Crippen LogP contribution in [0.5, 0.6) is 0 Å². The van der Waals surface area contributed by atoms with Gasteiger partial charge in [0.25, 0.3) is 0 Å². The van der Waals surface area contributed by atoms with Crippen LogP contribution in [-0.4, -0.2) is 103 Å². The molecule has 4 aliphatic rings. The fraction of sp³-hybridized carbons (Fsp3) is 0.551. The molecule has 6 rings (SSSR count). The molecule has 3 heterocycles. The third-order valence-corrected chi connectivity index (χ3v) is 13.2. The Morgan fingerprint density at radius 2 is 1.19 bits per heavy atom. The van der Waals surface area contributed by atoms with Crippen LogP contribution in [0.2, 0.25) is 0 Å². The van der Waals surface area contributed by atoms with E-state index in [0.29, 0.717) is 56.1 Å². The van der Waals surface area contributed by atoms with Crippen LogP contribution < -0.4 is 26.2 Å². The number of alkyl carbamates (subject to hydrolysis) is 2. The maximum atomic E-state index is 13.7. The van der Waals surface area contributed by atoms with E-state index in [2.05, 4.69) is 88.6 Å². The summed E-state index contributed by atoms with van der Waals surface area (Å²) in [5.41, 5.74) is 4.87. The molecule has 64 heavy (non-hydrogen) atoms. The molecule has 2 aromatic rings. The summed E-state index contributed by atoms with van der Waals surface area (Å²) in [6.07, 6.45) is 9.90. The van der Waals surface area contributed by atoms with Crippen LogP contribution in [0.15, 0.2) is 72.5 Å². The second-order valence-corrected chi connectivity index (χ2v) is 18.4. The van der Waals surface area contributed by atoms with Crippen LogP contribution in [0, 0.1) is 17.8 Å². The average molecular weight is 882 g/mol. The third kappa shape index (κ3) is 10.9. The second-order valence-electron chi connectivity index (χ2n) is 18.4. The lowest BCUT2D eigenvalue weighted by Gasteiger charge is -2.37. The number of benzene rings is 2. The largest absolute Gasteiger partial charge is 0.453 e. The van der Waals surface area contributed by atoms with Gasteiger partial charge in [-0.25, -0.2) is 9.59 Å². The number of carbonyl (C=O) groups excluding carboxylic acids is 6. The molecule has 7 atom stereocenters. The lowest BCUT2D eigenvalue weighted by Crippen LogP contribution is -2.55. The van der Waals surface area contributed by atoms with Crippen molar-refractivity contribution in [3.8, 4) is 0 Å². The van der Waals surface area contributed by atoms with E-state index in [1.807, 2.05) is 45.9 Å². The Morgan fingerprint density at radius 3 is 1.66 bits per heavy atom. The molecule has 3 saturated heterocycles. The molecule has 6 amide bonds. The lowest BCUT2D eigenvalue weighted by atomic mass is 9.89. The van der Waals surface area contributed by atoms with Crippen LogP contribution in [-0.2, 0) is 28.7 Å². The van der Waals surface area contributed by atoms with Gasteiger partial charge >= 0.3 is 12.2 Å². The summed E-state index contributed by atoms with van der Waals surface area (Å²) in [6, 6.07) is 14.2. The van der Waals surface area contributed by atoms with Crippen LogP contribution >= 0.6 is 0 Å². The molecule has 0 saturated carbocycles. The minimum atomic E-state index is -0.808. The first-order valence-electron chi connectivity index (χ1n) is 22.9. The predicted molar refractivity (Wildman–Crippen MR) is 245 cm³/mol. The second kappa shape index (κ2) is 21.2. The normalized spacial score (nSPS) is 22.9. The van der Waals surface area contributed by atoms with Gasteiger partial charge in [0.15, 0.2) is 0 Å². The van der Waals surface area contributed by atoms with E-state index >= 15 is 0 Å². The molecule has 1 unspecified atom stereocenters. The summed E-state index contributed by atoms with van der Waals surface area (Å²) in [4.78, 5) is 84.1. The smallest absolute Gasteiger partial charge is 0.407 e. The maximum absolute atomic E-state index is 13.7. The summed E-state index contributed by atoms with van der Waals surface area (Å²) in [6.45, 7) is 12.6. The number of likely N-dealkylation sites (tertiary alicyclic amines) is 2. The Bertz CT molecular complexity index is 2070. The summed E-state index contributed by atoms with van der Waals surface area (Å²) >= 11 is 0. The van der Waals surface area contributed by atoms with Gasteiger partial charge in [-0.1, -0.05) is 78.0 Å². The molecule has 2 aromatic carbocycles. The first kappa shape index (κ1) is 47.6. The molecule has 3 fully saturated rings. The fourth-order valence-corrected chi connectivity index (χ4v) is 9.61. The molecule has 4 N–H and O–H groups in total. The van der Waals surface area contributed by atoms with Crippen LogP contribution in [0.1, 0.15) is 110 Å². The van der Waals surface area contributed by atoms with Gasteiger partial charge in [-0.05, 0) is 104 Å². The molecule has 15 heteroatoms. The van der Waals surface area contributed by atoms with Crippen molar-refractivity contribution in [1.82, 2.24) is 25.8 Å². The van der Waals surface area contributed by atoms with Gasteiger partial charge in [-0.15, -0.1) is 0 Å². The van der Waals surface area contributed by atoms with Crippen molar-refractivity contribution in [2.75, 3.05) is 37.5 Å². The van der Waals surface area contributed by atoms with Crippen LogP contribution in [0.3, 0.4) is 0 Å². The Morgan fingerprint density at radius 1 is 0.656 bits per heavy atom. The number of carbonyl (C=O) groups is 6. The number of anilines is 2. The number of ether oxygens (including phenoxy) is 2. The number of nitrogens with one attached hydrogen (secondary N) is 4. The highest BCUT2D eigenvalue weighted by atomic mass is 16.5. The lowest BCUT2D eigenvalue weighted by molar-refractivity contribution is -0.140. The Kier molecular flexibility index (Phi) is 15.8. The highest BCUT2D eigenvalue weighted by Crippen LogP contribution is 2.44. The highest BCUT2D eigenvalue weighted by molar-refractivity contribution is 5.99. The Balaban J connectivity index is 1.13. The van der Waals surface area contributed by atoms with Gasteiger partial charge in [0.2, 0.25) is 23.6 Å². The van der Waals surface area contributed by atoms with E-state index in [9.17, 15) is 28.8 Å². The number of hydrogen-bond donors (Lipinski definition) is 4. The molecule has 0 radical (unpaired) electrons. The first-order chi connectivity index (χ1) is 30.6. The SMILES string of the molecule is COC(=O)N[C@H](C(=O)N1CCC[C@H]1C(=O)NC1=CCC([C@H]2CC[C@H](c3ccc(NC(=O)[C@@H]4CCCN4C(=O)[C@@H](NC(=O)OC)C(C)C)cc3)N2c2ccc(C(C)C)cc2)C=C1)C(C)C. The number of allylic oxidation sites excluding steroid dienone is 2. The molecule has 3 aliphatic heterocycles. The molecule has 0 spiro atoms. The summed E-state index contributed by atoms with van der Waals surface area (Å²) < 4.78 is 9.49. The quantitative estimate of drug-likeness (QED) is 0.159. The molecule has 15 nitrogen and oxygen atoms in total. The van der Waals surface area contributed by atoms with Gasteiger partial charge in [0.05, 0.1) is 20.3 Å². The predicted octanol–water partition coefficient (Wildman–Crippen LogP) is 6.78. The number of hydrogen-bond acceptors (Lipinski definition) is 9. The monoisotopic (exact) mass is 882 g/mol. The zero-order valence-corrected chi connectivity index (χ0v) is 38.6. The van der Waals surface area contributed by atoms with Crippen molar-refractivity contribution >= 4 is 47.2 Å². The number of rotatable bonds is 14. The van der Waals surface area contributed by atoms with Gasteiger partial charge in [-0.2, -0.15) is 0 Å². The summed E-state index contributed by atoms with van der Waals surface area (Å²) in [5.74, 6) is -0.915. The van der Waals surface area contributed by atoms with Gasteiger partial charge in [-0.3, -0.25) is 19.2 Å². The number of amides is 6. The minimum Gasteiger partial charge on any atom is -0.453 e. The van der Waals surface area contributed by atoms with E-state index in [4.69, 9.17) is 9.47 Å². The molecule has 0 bridgehead atoms. The van der Waals surface area contributed by atoms with Crippen molar-refractivity contribution in [3.05, 3.63) is 83.6 Å². The minimum absolute atomic E-state index is 0.0746. The topological polar surface area (TPSA) is 179 Å². The van der Waals surface area contributed by atoms with Crippen molar-refractivity contribution in [1.29, 1.82) is 0 Å². The molecule has 346 valence electrons. The fourth-order valence-electron chi connectivity index (χ4n) is 9.61. The zero-order valence-electron chi connectivity index (χ0n) is 38.6. The summed E-state index contributed by atoms with van der Waals surface area (Å²) in [5, 5.41) is 11.4. The summed E-state index contributed by atoms with van der Waals surface area (Å²) in [7, 11) is 2.51. The van der Waals surface area contributed by atoms with E-state index in [1.165, 1.54) is 19.8 Å². The number of methoxy groups -OCH3 is 2. The third-order valence-electron chi connectivity index (χ3n) is 13.2. The van der Waals surface area contributed by atoms with Crippen molar-refractivity contribution in [2.24, 2.45) is 17.8 Å². The van der Waals surface area contributed by atoms with Gasteiger partial charge < -0.3 is 45.4 Å². The average Bonchev–Trinajstić information content (AvgIpc) is 4.08. The van der Waals surface area contributed by atoms with Crippen molar-refractivity contribution in [2.45, 2.75) is 129 Å². The number of nitrogens with zero attached hydrogens (tertiary/aromatic N) is 3. The molecular formula is C49H67N7O8.